The molecule has 0 aliphatic carbocycles. The van der Waals surface area contributed by atoms with Gasteiger partial charge in [0.05, 0.1) is 8.95 Å². The molecule has 3 rings (SSSR count). The molecule has 2 aromatic rings. The Bertz CT molecular complexity index is 1010. The number of hydrogen-bond acceptors (Lipinski definition) is 3. The summed E-state index contributed by atoms with van der Waals surface area (Å²) in [4.78, 5) is 23.6. The van der Waals surface area contributed by atoms with Crippen LogP contribution in [0.5, 0.6) is 5.75 Å². The first-order chi connectivity index (χ1) is 13.6. The van der Waals surface area contributed by atoms with Crippen molar-refractivity contribution in [2.24, 2.45) is 0 Å². The summed E-state index contributed by atoms with van der Waals surface area (Å²) in [6, 6.07) is 7.04. The highest BCUT2D eigenvalue weighted by molar-refractivity contribution is 9.11. The van der Waals surface area contributed by atoms with E-state index in [-0.39, 0.29) is 11.3 Å². The third-order valence-electron chi connectivity index (χ3n) is 4.42. The fourth-order valence-electron chi connectivity index (χ4n) is 3.01. The lowest BCUT2D eigenvalue weighted by molar-refractivity contribution is -0.110. The molecule has 1 amide bonds. The van der Waals surface area contributed by atoms with E-state index in [0.717, 1.165) is 17.7 Å². The number of nitrogens with one attached hydrogen (secondary N) is 1. The number of allylic oxidation sites excluding steroid dienone is 1. The second-order valence-corrected chi connectivity index (χ2v) is 8.17. The van der Waals surface area contributed by atoms with E-state index >= 15 is 0 Å². The number of unbranched alkanes of at least 4 members (excludes halogenated alkanes) is 1. The van der Waals surface area contributed by atoms with Gasteiger partial charge in [-0.1, -0.05) is 6.08 Å². The molecule has 1 heterocycles. The minimum absolute atomic E-state index is 0.110. The van der Waals surface area contributed by atoms with Gasteiger partial charge in [-0.05, 0) is 87.0 Å². The largest absolute Gasteiger partial charge is 0.506 e. The number of alkyl halides is 3. The first-order valence-electron chi connectivity index (χ1n) is 8.52. The molecule has 2 aromatic carbocycles. The van der Waals surface area contributed by atoms with E-state index in [1.54, 1.807) is 18.2 Å². The first kappa shape index (κ1) is 21.6. The highest BCUT2D eigenvalue weighted by atomic mass is 79.9. The molecule has 4 nitrogen and oxygen atoms in total. The molecule has 2 N–H and O–H groups in total. The lowest BCUT2D eigenvalue weighted by Gasteiger charge is -2.07. The number of Topliss-reactive ketones (excluding diaryl/α,β-unsaturated/α-hetero) is 1. The van der Waals surface area contributed by atoms with Crippen molar-refractivity contribution in [3.8, 4) is 5.75 Å². The van der Waals surface area contributed by atoms with Crippen LogP contribution in [0.15, 0.2) is 45.4 Å². The molecule has 0 radical (unpaired) electrons. The minimum Gasteiger partial charge on any atom is -0.506 e. The topological polar surface area (TPSA) is 66.4 Å². The Labute approximate surface area is 181 Å². The molecule has 0 bridgehead atoms. The summed E-state index contributed by atoms with van der Waals surface area (Å²) in [6.07, 6.45) is -1.45. The quantitative estimate of drug-likeness (QED) is 0.281. The lowest BCUT2D eigenvalue weighted by atomic mass is 10.00. The number of rotatable bonds is 5. The van der Waals surface area contributed by atoms with Gasteiger partial charge in [-0.2, -0.15) is 13.2 Å². The molecule has 1 aliphatic rings. The van der Waals surface area contributed by atoms with E-state index in [9.17, 15) is 27.9 Å². The summed E-state index contributed by atoms with van der Waals surface area (Å²) >= 11 is 6.53. The second kappa shape index (κ2) is 8.31. The van der Waals surface area contributed by atoms with Crippen LogP contribution >= 0.6 is 31.9 Å². The number of phenols is 1. The van der Waals surface area contributed by atoms with Crippen molar-refractivity contribution < 1.29 is 27.9 Å². The monoisotopic (exact) mass is 531 g/mol. The molecule has 0 fully saturated rings. The molecule has 1 aliphatic heterocycles. The predicted molar refractivity (Wildman–Crippen MR) is 110 cm³/mol. The highest BCUT2D eigenvalue weighted by Crippen LogP contribution is 2.35. The number of carbonyl (C=O) groups is 2. The van der Waals surface area contributed by atoms with Crippen molar-refractivity contribution in [3.63, 3.8) is 0 Å². The van der Waals surface area contributed by atoms with Gasteiger partial charge in [0.2, 0.25) is 0 Å². The van der Waals surface area contributed by atoms with Crippen LogP contribution in [0.1, 0.15) is 34.3 Å². The zero-order valence-corrected chi connectivity index (χ0v) is 17.9. The molecule has 0 unspecified atom stereocenters. The summed E-state index contributed by atoms with van der Waals surface area (Å²) in [7, 11) is 0. The smallest absolute Gasteiger partial charge is 0.454 e. The van der Waals surface area contributed by atoms with Gasteiger partial charge >= 0.3 is 6.18 Å². The maximum absolute atomic E-state index is 12.7. The Morgan fingerprint density at radius 1 is 1.14 bits per heavy atom. The third-order valence-corrected chi connectivity index (χ3v) is 5.63. The number of aryl methyl sites for hydroxylation is 1. The van der Waals surface area contributed by atoms with E-state index in [4.69, 9.17) is 0 Å². The van der Waals surface area contributed by atoms with Gasteiger partial charge in [-0.15, -0.1) is 0 Å². The maximum atomic E-state index is 12.7. The number of phenolic OH excluding ortho intramolecular Hbond substituents is 1. The normalized spacial score (nSPS) is 14.8. The van der Waals surface area contributed by atoms with Crippen molar-refractivity contribution in [3.05, 3.63) is 62.0 Å². The summed E-state index contributed by atoms with van der Waals surface area (Å²) in [5.41, 5.74) is 1.39. The molecule has 0 atom stereocenters. The van der Waals surface area contributed by atoms with Crippen LogP contribution in [0, 0.1) is 0 Å². The Morgan fingerprint density at radius 3 is 2.41 bits per heavy atom. The van der Waals surface area contributed by atoms with Crippen LogP contribution in [0.4, 0.5) is 18.9 Å². The van der Waals surface area contributed by atoms with E-state index < -0.39 is 23.4 Å². The molecular formula is C20H14Br2F3NO3. The minimum atomic E-state index is -4.97. The Balaban J connectivity index is 1.74. The molecule has 152 valence electrons. The van der Waals surface area contributed by atoms with E-state index in [1.165, 1.54) is 6.07 Å². The molecule has 0 saturated heterocycles. The summed E-state index contributed by atoms with van der Waals surface area (Å²) in [6.45, 7) is 0. The standard InChI is InChI=1S/C20H14Br2F3NO3/c21-14-7-10(8-15(22)17(14)27)3-1-2-4-12-13-9-11(18(28)20(23,24)25)5-6-16(13)26-19(12)29/h4-9,27H,1-3H2,(H,26,29)/b12-4-. The average molecular weight is 533 g/mol. The van der Waals surface area contributed by atoms with Gasteiger partial charge in [-0.25, -0.2) is 0 Å². The second-order valence-electron chi connectivity index (χ2n) is 6.46. The number of benzene rings is 2. The third kappa shape index (κ3) is 4.72. The number of fused-ring (bicyclic) bond motifs is 1. The van der Waals surface area contributed by atoms with E-state index in [0.29, 0.717) is 39.5 Å². The van der Waals surface area contributed by atoms with Crippen molar-refractivity contribution in [2.75, 3.05) is 5.32 Å². The number of anilines is 1. The molecule has 0 aromatic heterocycles. The van der Waals surface area contributed by atoms with Crippen molar-refractivity contribution in [2.45, 2.75) is 25.4 Å². The number of hydrogen-bond donors (Lipinski definition) is 2. The van der Waals surface area contributed by atoms with Crippen LogP contribution in [-0.2, 0) is 11.2 Å². The fraction of sp³-hybridized carbons (Fsp3) is 0.200. The van der Waals surface area contributed by atoms with Gasteiger partial charge < -0.3 is 10.4 Å². The zero-order valence-electron chi connectivity index (χ0n) is 14.7. The molecular weight excluding hydrogens is 519 g/mol. The fourth-order valence-corrected chi connectivity index (χ4v) is 4.29. The Kier molecular flexibility index (Phi) is 6.19. The van der Waals surface area contributed by atoms with Crippen molar-refractivity contribution >= 4 is 54.8 Å². The molecule has 0 saturated carbocycles. The molecule has 9 heteroatoms. The van der Waals surface area contributed by atoms with E-state index in [1.807, 2.05) is 0 Å². The first-order valence-corrected chi connectivity index (χ1v) is 10.1. The molecule has 0 spiro atoms. The van der Waals surface area contributed by atoms with Crippen LogP contribution in [0.25, 0.3) is 5.57 Å². The number of aromatic hydroxyl groups is 1. The maximum Gasteiger partial charge on any atom is 0.454 e. The lowest BCUT2D eigenvalue weighted by Crippen LogP contribution is -2.22. The van der Waals surface area contributed by atoms with Crippen molar-refractivity contribution in [1.82, 2.24) is 0 Å². The van der Waals surface area contributed by atoms with Gasteiger partial charge in [0, 0.05) is 22.4 Å². The van der Waals surface area contributed by atoms with Crippen LogP contribution in [-0.4, -0.2) is 23.0 Å². The van der Waals surface area contributed by atoms with Gasteiger partial charge in [0.15, 0.2) is 0 Å². The van der Waals surface area contributed by atoms with Crippen LogP contribution in [0.2, 0.25) is 0 Å². The van der Waals surface area contributed by atoms with Crippen LogP contribution in [0.3, 0.4) is 0 Å². The number of carbonyl (C=O) groups excluding carboxylic acids is 2. The summed E-state index contributed by atoms with van der Waals surface area (Å²) < 4.78 is 39.2. The zero-order chi connectivity index (χ0) is 21.3. The Morgan fingerprint density at radius 2 is 1.79 bits per heavy atom. The van der Waals surface area contributed by atoms with Gasteiger partial charge in [0.1, 0.15) is 5.75 Å². The number of amides is 1. The summed E-state index contributed by atoms with van der Waals surface area (Å²) in [5.74, 6) is -2.24. The number of ketones is 1. The SMILES string of the molecule is O=C1Nc2ccc(C(=O)C(F)(F)F)cc2/C1=C/CCCc1cc(Br)c(O)c(Br)c1. The molecule has 29 heavy (non-hydrogen) atoms. The van der Waals surface area contributed by atoms with Gasteiger partial charge in [0.25, 0.3) is 11.7 Å². The summed E-state index contributed by atoms with van der Waals surface area (Å²) in [5, 5.41) is 12.3. The predicted octanol–water partition coefficient (Wildman–Crippen LogP) is 6.02. The van der Waals surface area contributed by atoms with Crippen molar-refractivity contribution in [1.29, 1.82) is 0 Å². The van der Waals surface area contributed by atoms with Gasteiger partial charge in [-0.3, -0.25) is 9.59 Å². The van der Waals surface area contributed by atoms with Crippen LogP contribution < -0.4 is 5.32 Å². The van der Waals surface area contributed by atoms with E-state index in [2.05, 4.69) is 37.2 Å². The number of halogens is 5. The Hall–Kier alpha value is -2.13. The average Bonchev–Trinajstić information content (AvgIpc) is 2.96. The highest BCUT2D eigenvalue weighted by Gasteiger charge is 2.40.